The van der Waals surface area contributed by atoms with Crippen LogP contribution in [0.2, 0.25) is 0 Å². The van der Waals surface area contributed by atoms with Gasteiger partial charge in [0.2, 0.25) is 5.91 Å². The molecule has 0 spiro atoms. The predicted molar refractivity (Wildman–Crippen MR) is 85.0 cm³/mol. The highest BCUT2D eigenvalue weighted by Crippen LogP contribution is 2.21. The number of aromatic amines is 1. The second-order valence-electron chi connectivity index (χ2n) is 7.13. The Morgan fingerprint density at radius 2 is 2.30 bits per heavy atom. The molecule has 3 heterocycles. The first-order valence-electron chi connectivity index (χ1n) is 8.08. The Morgan fingerprint density at radius 1 is 1.52 bits per heavy atom. The van der Waals surface area contributed by atoms with Crippen LogP contribution >= 0.6 is 0 Å². The average Bonchev–Trinajstić information content (AvgIpc) is 2.44. The van der Waals surface area contributed by atoms with Gasteiger partial charge < -0.3 is 9.64 Å². The van der Waals surface area contributed by atoms with E-state index in [4.69, 9.17) is 4.74 Å². The van der Waals surface area contributed by atoms with Crippen LogP contribution in [0.3, 0.4) is 0 Å². The summed E-state index contributed by atoms with van der Waals surface area (Å²) in [7, 11) is 0. The van der Waals surface area contributed by atoms with Crippen molar-refractivity contribution in [3.8, 4) is 0 Å². The molecule has 0 aromatic carbocycles. The summed E-state index contributed by atoms with van der Waals surface area (Å²) < 4.78 is 5.85. The molecule has 1 unspecified atom stereocenters. The van der Waals surface area contributed by atoms with Crippen molar-refractivity contribution in [2.24, 2.45) is 0 Å². The summed E-state index contributed by atoms with van der Waals surface area (Å²) in [5, 5.41) is 6.54. The molecular formula is C16H24N4O3. The zero-order valence-electron chi connectivity index (χ0n) is 14.0. The molecule has 23 heavy (non-hydrogen) atoms. The fourth-order valence-electron chi connectivity index (χ4n) is 3.48. The van der Waals surface area contributed by atoms with Crippen molar-refractivity contribution in [2.45, 2.75) is 45.4 Å². The van der Waals surface area contributed by atoms with Crippen molar-refractivity contribution in [3.05, 3.63) is 27.7 Å². The Kier molecular flexibility index (Phi) is 4.25. The van der Waals surface area contributed by atoms with Crippen LogP contribution in [-0.4, -0.2) is 63.8 Å². The molecule has 0 radical (unpaired) electrons. The van der Waals surface area contributed by atoms with Crippen molar-refractivity contribution in [2.75, 3.05) is 26.2 Å². The summed E-state index contributed by atoms with van der Waals surface area (Å²) in [4.78, 5) is 28.0. The summed E-state index contributed by atoms with van der Waals surface area (Å²) in [6.07, 6.45) is 0.803. The van der Waals surface area contributed by atoms with E-state index in [1.165, 1.54) is 0 Å². The van der Waals surface area contributed by atoms with Crippen molar-refractivity contribution in [3.63, 3.8) is 0 Å². The molecule has 0 aliphatic carbocycles. The minimum absolute atomic E-state index is 0.0486. The lowest BCUT2D eigenvalue weighted by Gasteiger charge is -2.42. The minimum Gasteiger partial charge on any atom is -0.369 e. The van der Waals surface area contributed by atoms with Gasteiger partial charge in [-0.25, -0.2) is 5.10 Å². The molecule has 1 aromatic heterocycles. The lowest BCUT2D eigenvalue weighted by Crippen LogP contribution is -2.55. The van der Waals surface area contributed by atoms with E-state index >= 15 is 0 Å². The molecular weight excluding hydrogens is 296 g/mol. The number of nitrogens with one attached hydrogen (secondary N) is 1. The number of ether oxygens (including phenoxy) is 1. The lowest BCUT2D eigenvalue weighted by molar-refractivity contribution is -0.159. The molecule has 0 saturated carbocycles. The molecule has 1 fully saturated rings. The highest BCUT2D eigenvalue weighted by molar-refractivity contribution is 5.78. The Bertz CT molecular complexity index is 655. The third kappa shape index (κ3) is 3.79. The smallest absolute Gasteiger partial charge is 0.264 e. The van der Waals surface area contributed by atoms with Crippen molar-refractivity contribution in [1.82, 2.24) is 20.0 Å². The topological polar surface area (TPSA) is 78.5 Å². The fourth-order valence-corrected chi connectivity index (χ4v) is 3.48. The average molecular weight is 320 g/mol. The van der Waals surface area contributed by atoms with Crippen LogP contribution in [0.25, 0.3) is 0 Å². The van der Waals surface area contributed by atoms with Gasteiger partial charge in [0, 0.05) is 38.7 Å². The van der Waals surface area contributed by atoms with Gasteiger partial charge in [-0.05, 0) is 26.3 Å². The number of hydrogen-bond donors (Lipinski definition) is 1. The zero-order chi connectivity index (χ0) is 16.6. The van der Waals surface area contributed by atoms with Gasteiger partial charge in [-0.3, -0.25) is 14.5 Å². The standard InChI is InChI=1S/C16H24N4O3/c1-11-7-20(10-16(2,3)23-11)15(22)9-19-5-4-13-12(8-19)6-14(21)18-17-13/h6,11H,4-5,7-10H2,1-3H3,(H,18,21). The summed E-state index contributed by atoms with van der Waals surface area (Å²) in [5.74, 6) is 0.120. The van der Waals surface area contributed by atoms with Crippen LogP contribution in [0.15, 0.2) is 10.9 Å². The highest BCUT2D eigenvalue weighted by atomic mass is 16.5. The Balaban J connectivity index is 1.64. The minimum atomic E-state index is -0.307. The molecule has 7 heteroatoms. The Morgan fingerprint density at radius 3 is 3.04 bits per heavy atom. The molecule has 1 aromatic rings. The Labute approximate surface area is 135 Å². The van der Waals surface area contributed by atoms with Gasteiger partial charge in [0.1, 0.15) is 0 Å². The number of H-pyrrole nitrogens is 1. The molecule has 1 amide bonds. The van der Waals surface area contributed by atoms with Gasteiger partial charge in [0.15, 0.2) is 0 Å². The van der Waals surface area contributed by atoms with Crippen LogP contribution in [-0.2, 0) is 22.5 Å². The molecule has 3 rings (SSSR count). The van der Waals surface area contributed by atoms with Crippen LogP contribution in [0, 0.1) is 0 Å². The first-order chi connectivity index (χ1) is 10.8. The third-order valence-corrected chi connectivity index (χ3v) is 4.32. The molecule has 126 valence electrons. The van der Waals surface area contributed by atoms with E-state index in [-0.39, 0.29) is 23.2 Å². The van der Waals surface area contributed by atoms with E-state index in [9.17, 15) is 9.59 Å². The van der Waals surface area contributed by atoms with Gasteiger partial charge in [0.25, 0.3) is 5.56 Å². The zero-order valence-corrected chi connectivity index (χ0v) is 14.0. The van der Waals surface area contributed by atoms with E-state index < -0.39 is 0 Å². The third-order valence-electron chi connectivity index (χ3n) is 4.32. The monoisotopic (exact) mass is 320 g/mol. The summed E-state index contributed by atoms with van der Waals surface area (Å²) in [6.45, 7) is 9.01. The number of nitrogens with zero attached hydrogens (tertiary/aromatic N) is 3. The number of carbonyl (C=O) groups excluding carboxylic acids is 1. The van der Waals surface area contributed by atoms with Gasteiger partial charge in [-0.1, -0.05) is 0 Å². The number of aromatic nitrogens is 2. The number of amides is 1. The van der Waals surface area contributed by atoms with E-state index in [2.05, 4.69) is 15.1 Å². The number of carbonyl (C=O) groups is 1. The SMILES string of the molecule is CC1CN(C(=O)CN2CCc3n[nH]c(=O)cc3C2)CC(C)(C)O1. The molecule has 0 bridgehead atoms. The largest absolute Gasteiger partial charge is 0.369 e. The van der Waals surface area contributed by atoms with Crippen LogP contribution < -0.4 is 5.56 Å². The maximum absolute atomic E-state index is 12.6. The van der Waals surface area contributed by atoms with Crippen LogP contribution in [0.4, 0.5) is 0 Å². The van der Waals surface area contributed by atoms with Crippen LogP contribution in [0.1, 0.15) is 32.0 Å². The van der Waals surface area contributed by atoms with Gasteiger partial charge in [-0.2, -0.15) is 5.10 Å². The van der Waals surface area contributed by atoms with Gasteiger partial charge in [0.05, 0.1) is 23.9 Å². The summed E-state index contributed by atoms with van der Waals surface area (Å²) in [6, 6.07) is 1.58. The van der Waals surface area contributed by atoms with E-state index in [0.717, 1.165) is 24.2 Å². The maximum atomic E-state index is 12.6. The van der Waals surface area contributed by atoms with E-state index in [0.29, 0.717) is 26.2 Å². The number of rotatable bonds is 2. The van der Waals surface area contributed by atoms with Crippen molar-refractivity contribution >= 4 is 5.91 Å². The molecule has 1 atom stereocenters. The molecule has 1 N–H and O–H groups in total. The first kappa shape index (κ1) is 16.1. The molecule has 7 nitrogen and oxygen atoms in total. The first-order valence-corrected chi connectivity index (χ1v) is 8.08. The van der Waals surface area contributed by atoms with Crippen LogP contribution in [0.5, 0.6) is 0 Å². The Hall–Kier alpha value is -1.73. The maximum Gasteiger partial charge on any atom is 0.264 e. The molecule has 1 saturated heterocycles. The number of hydrogen-bond acceptors (Lipinski definition) is 5. The normalized spacial score (nSPS) is 24.3. The quantitative estimate of drug-likeness (QED) is 0.839. The van der Waals surface area contributed by atoms with E-state index in [1.807, 2.05) is 25.7 Å². The van der Waals surface area contributed by atoms with E-state index in [1.54, 1.807) is 6.07 Å². The van der Waals surface area contributed by atoms with Gasteiger partial charge >= 0.3 is 0 Å². The second kappa shape index (κ2) is 6.05. The highest BCUT2D eigenvalue weighted by Gasteiger charge is 2.34. The molecule has 2 aliphatic heterocycles. The summed E-state index contributed by atoms with van der Waals surface area (Å²) >= 11 is 0. The van der Waals surface area contributed by atoms with Crippen molar-refractivity contribution in [1.29, 1.82) is 0 Å². The number of fused-ring (bicyclic) bond motifs is 1. The number of morpholine rings is 1. The summed E-state index contributed by atoms with van der Waals surface area (Å²) in [5.41, 5.74) is 1.34. The molecule has 2 aliphatic rings. The van der Waals surface area contributed by atoms with Crippen molar-refractivity contribution < 1.29 is 9.53 Å². The second-order valence-corrected chi connectivity index (χ2v) is 7.13. The van der Waals surface area contributed by atoms with Gasteiger partial charge in [-0.15, -0.1) is 0 Å². The lowest BCUT2D eigenvalue weighted by atomic mass is 10.0. The predicted octanol–water partition coefficient (Wildman–Crippen LogP) is 0.154. The fraction of sp³-hybridized carbons (Fsp3) is 0.688.